The maximum atomic E-state index is 5.94. The zero-order valence-corrected chi connectivity index (χ0v) is 25.4. The van der Waals surface area contributed by atoms with Crippen LogP contribution in [0.3, 0.4) is 0 Å². The predicted octanol–water partition coefficient (Wildman–Crippen LogP) is 4.02. The van der Waals surface area contributed by atoms with Crippen molar-refractivity contribution in [1.82, 2.24) is 0 Å². The normalized spacial score (nSPS) is 12.6. The van der Waals surface area contributed by atoms with Gasteiger partial charge in [0.15, 0.2) is 0 Å². The van der Waals surface area contributed by atoms with Gasteiger partial charge in [-0.3, -0.25) is 0 Å². The first-order chi connectivity index (χ1) is 13.6. The monoisotopic (exact) mass is 670 g/mol. The molecule has 0 atom stereocenters. The Kier molecular flexibility index (Phi) is 20.7. The van der Waals surface area contributed by atoms with Gasteiger partial charge in [-0.05, 0) is 0 Å². The van der Waals surface area contributed by atoms with Gasteiger partial charge >= 0.3 is 193 Å². The third kappa shape index (κ3) is 13.2. The summed E-state index contributed by atoms with van der Waals surface area (Å²) < 4.78 is 38.4. The van der Waals surface area contributed by atoms with Crippen LogP contribution in [-0.4, -0.2) is 91.4 Å². The van der Waals surface area contributed by atoms with Crippen LogP contribution in [0.1, 0.15) is 54.4 Å². The molecular formula is C18H42O6Si2Te2. The standard InChI is InChI=1S/C18H42O6Si2Te2/c1-7-19-25(20-8-2,21-9-3)15-13-17-27-28-18-14-16-26(22-10-4,23-11-5)24-12-6/h7-18H2,1-6H3. The second-order valence-electron chi connectivity index (χ2n) is 5.82. The van der Waals surface area contributed by atoms with Gasteiger partial charge < -0.3 is 0 Å². The fourth-order valence-corrected chi connectivity index (χ4v) is 20.8. The summed E-state index contributed by atoms with van der Waals surface area (Å²) in [5.41, 5.74) is 0. The van der Waals surface area contributed by atoms with Crippen LogP contribution < -0.4 is 0 Å². The topological polar surface area (TPSA) is 55.4 Å². The summed E-state index contributed by atoms with van der Waals surface area (Å²) in [7, 11) is -4.86. The third-order valence-electron chi connectivity index (χ3n) is 3.69. The first kappa shape index (κ1) is 29.8. The Morgan fingerprint density at radius 2 is 0.714 bits per heavy atom. The predicted molar refractivity (Wildman–Crippen MR) is 121 cm³/mol. The molecule has 0 saturated carbocycles. The third-order valence-corrected chi connectivity index (χ3v) is 22.6. The molecule has 0 rings (SSSR count). The van der Waals surface area contributed by atoms with E-state index in [0.717, 1.165) is 12.1 Å². The second kappa shape index (κ2) is 19.5. The van der Waals surface area contributed by atoms with Crippen LogP contribution in [0.5, 0.6) is 0 Å². The molecule has 28 heavy (non-hydrogen) atoms. The molecular weight excluding hydrogens is 624 g/mol. The van der Waals surface area contributed by atoms with Crippen molar-refractivity contribution in [1.29, 1.82) is 0 Å². The zero-order valence-electron chi connectivity index (χ0n) is 18.8. The van der Waals surface area contributed by atoms with Gasteiger partial charge in [0.05, 0.1) is 0 Å². The zero-order chi connectivity index (χ0) is 21.1. The Hall–Kier alpha value is 1.77. The van der Waals surface area contributed by atoms with E-state index in [9.17, 15) is 0 Å². The van der Waals surface area contributed by atoms with E-state index in [2.05, 4.69) is 0 Å². The van der Waals surface area contributed by atoms with E-state index in [0.29, 0.717) is 39.6 Å². The molecule has 0 aromatic carbocycles. The molecule has 0 aromatic rings. The van der Waals surface area contributed by atoms with Crippen LogP contribution in [0.2, 0.25) is 21.0 Å². The van der Waals surface area contributed by atoms with E-state index in [1.54, 1.807) is 0 Å². The van der Waals surface area contributed by atoms with Crippen molar-refractivity contribution in [2.24, 2.45) is 0 Å². The minimum atomic E-state index is -2.43. The van der Waals surface area contributed by atoms with Gasteiger partial charge in [-0.25, -0.2) is 0 Å². The van der Waals surface area contributed by atoms with Gasteiger partial charge in [0.2, 0.25) is 0 Å². The van der Waals surface area contributed by atoms with Crippen LogP contribution in [0.25, 0.3) is 0 Å². The molecule has 0 N–H and O–H groups in total. The van der Waals surface area contributed by atoms with Crippen molar-refractivity contribution >= 4 is 51.7 Å². The van der Waals surface area contributed by atoms with Crippen molar-refractivity contribution in [2.45, 2.75) is 75.4 Å². The molecule has 0 fully saturated rings. The van der Waals surface area contributed by atoms with E-state index in [1.165, 1.54) is 21.8 Å². The fraction of sp³-hybridized carbons (Fsp3) is 1.00. The summed E-state index contributed by atoms with van der Waals surface area (Å²) in [6, 6.07) is 1.94. The SMILES string of the molecule is CCO[Si](CCC[Te][Te]CCC[Si](OCC)(OCC)OCC)(OCC)OCC. The summed E-state index contributed by atoms with van der Waals surface area (Å²) in [6.07, 6.45) is 2.38. The van der Waals surface area contributed by atoms with E-state index in [4.69, 9.17) is 26.6 Å². The Morgan fingerprint density at radius 1 is 0.464 bits per heavy atom. The summed E-state index contributed by atoms with van der Waals surface area (Å²) >= 11 is 0.324. The van der Waals surface area contributed by atoms with E-state index < -0.39 is 17.6 Å². The van der Waals surface area contributed by atoms with Crippen LogP contribution in [-0.2, 0) is 26.6 Å². The molecule has 0 spiro atoms. The van der Waals surface area contributed by atoms with E-state index >= 15 is 0 Å². The molecule has 170 valence electrons. The Bertz CT molecular complexity index is 290. The van der Waals surface area contributed by atoms with Gasteiger partial charge in [-0.1, -0.05) is 0 Å². The van der Waals surface area contributed by atoms with Crippen LogP contribution in [0.15, 0.2) is 0 Å². The maximum absolute atomic E-state index is 5.94. The van der Waals surface area contributed by atoms with Gasteiger partial charge in [-0.15, -0.1) is 0 Å². The van der Waals surface area contributed by atoms with Gasteiger partial charge in [-0.2, -0.15) is 0 Å². The fourth-order valence-electron chi connectivity index (χ4n) is 2.82. The van der Waals surface area contributed by atoms with Gasteiger partial charge in [0.1, 0.15) is 0 Å². The first-order valence-electron chi connectivity index (χ1n) is 10.7. The molecule has 0 amide bonds. The van der Waals surface area contributed by atoms with Crippen molar-refractivity contribution in [3.63, 3.8) is 0 Å². The van der Waals surface area contributed by atoms with Crippen LogP contribution >= 0.6 is 0 Å². The Morgan fingerprint density at radius 3 is 0.929 bits per heavy atom. The average molecular weight is 666 g/mol. The van der Waals surface area contributed by atoms with Crippen molar-refractivity contribution in [3.05, 3.63) is 0 Å². The molecule has 0 heterocycles. The average Bonchev–Trinajstić information content (AvgIpc) is 2.65. The summed E-state index contributed by atoms with van der Waals surface area (Å²) in [5.74, 6) is 0. The molecule has 0 saturated heterocycles. The Labute approximate surface area is 192 Å². The molecule has 0 aliphatic heterocycles. The minimum absolute atomic E-state index is 0.162. The van der Waals surface area contributed by atoms with Crippen molar-refractivity contribution in [3.8, 4) is 0 Å². The number of hydrogen-bond acceptors (Lipinski definition) is 6. The van der Waals surface area contributed by atoms with E-state index in [1.807, 2.05) is 41.5 Å². The van der Waals surface area contributed by atoms with Gasteiger partial charge in [0, 0.05) is 0 Å². The molecule has 10 heteroatoms. The Balaban J connectivity index is 4.14. The number of hydrogen-bond donors (Lipinski definition) is 0. The molecule has 6 nitrogen and oxygen atoms in total. The molecule has 0 aromatic heterocycles. The van der Waals surface area contributed by atoms with Crippen LogP contribution in [0.4, 0.5) is 0 Å². The molecule has 0 radical (unpaired) electrons. The summed E-state index contributed by atoms with van der Waals surface area (Å²) in [6.45, 7) is 16.2. The van der Waals surface area contributed by atoms with Gasteiger partial charge in [0.25, 0.3) is 0 Å². The van der Waals surface area contributed by atoms with E-state index in [-0.39, 0.29) is 34.1 Å². The second-order valence-corrected chi connectivity index (χ2v) is 24.0. The van der Waals surface area contributed by atoms with Crippen LogP contribution in [0, 0.1) is 0 Å². The summed E-state index contributed by atoms with van der Waals surface area (Å²) in [5, 5.41) is 0. The molecule has 0 aliphatic carbocycles. The van der Waals surface area contributed by atoms with Crippen molar-refractivity contribution < 1.29 is 26.6 Å². The molecule has 0 unspecified atom stereocenters. The molecule has 0 bridgehead atoms. The van der Waals surface area contributed by atoms with Crippen molar-refractivity contribution in [2.75, 3.05) is 39.6 Å². The summed E-state index contributed by atoms with van der Waals surface area (Å²) in [4.78, 5) is 0. The quantitative estimate of drug-likeness (QED) is 0.137. The number of rotatable bonds is 21. The first-order valence-corrected chi connectivity index (χ1v) is 25.1. The molecule has 0 aliphatic rings.